The molecule has 0 amide bonds. The van der Waals surface area contributed by atoms with Crippen LogP contribution in [-0.2, 0) is 0 Å². The van der Waals surface area contributed by atoms with Crippen molar-refractivity contribution < 1.29 is 0 Å². The molecule has 0 aliphatic carbocycles. The summed E-state index contributed by atoms with van der Waals surface area (Å²) >= 11 is 3.89. The smallest absolute Gasteiger partial charge is 0.0143 e. The Kier molecular flexibility index (Phi) is 4.86. The molecule has 64 valence electrons. The molecule has 0 aromatic heterocycles. The van der Waals surface area contributed by atoms with Crippen LogP contribution in [0, 0.1) is 5.92 Å². The molecule has 0 saturated heterocycles. The normalized spacial score (nSPS) is 11.9. The van der Waals surface area contributed by atoms with Gasteiger partial charge in [0.1, 0.15) is 0 Å². The maximum atomic E-state index is 3.89. The van der Waals surface area contributed by atoms with Crippen LogP contribution in [0.15, 0.2) is 24.6 Å². The Morgan fingerprint density at radius 3 is 2.45 bits per heavy atom. The minimum Gasteiger partial charge on any atom is -0.392 e. The van der Waals surface area contributed by atoms with Gasteiger partial charge >= 0.3 is 0 Å². The third-order valence-corrected chi connectivity index (χ3v) is 1.94. The Morgan fingerprint density at radius 1 is 1.55 bits per heavy atom. The number of hydrogen-bond acceptors (Lipinski definition) is 3. The summed E-state index contributed by atoms with van der Waals surface area (Å²) in [6.07, 6.45) is 0.864. The summed E-state index contributed by atoms with van der Waals surface area (Å²) in [4.78, 5) is 0. The number of nitrogens with one attached hydrogen (secondary N) is 2. The quantitative estimate of drug-likeness (QED) is 0.550. The van der Waals surface area contributed by atoms with Crippen molar-refractivity contribution in [2.45, 2.75) is 13.3 Å². The third-order valence-electron chi connectivity index (χ3n) is 1.63. The van der Waals surface area contributed by atoms with Gasteiger partial charge in [-0.15, -0.1) is 0 Å². The lowest BCUT2D eigenvalue weighted by atomic mass is 10.0. The maximum Gasteiger partial charge on any atom is 0.0143 e. The van der Waals surface area contributed by atoms with Gasteiger partial charge in [-0.3, -0.25) is 0 Å². The van der Waals surface area contributed by atoms with Gasteiger partial charge in [0.2, 0.25) is 0 Å². The van der Waals surface area contributed by atoms with E-state index in [4.69, 9.17) is 0 Å². The predicted octanol–water partition coefficient (Wildman–Crippen LogP) is 1.69. The molecule has 1 atom stereocenters. The Labute approximate surface area is 74.3 Å². The van der Waals surface area contributed by atoms with Crippen LogP contribution in [0.5, 0.6) is 0 Å². The molecule has 2 nitrogen and oxygen atoms in total. The summed E-state index contributed by atoms with van der Waals surface area (Å²) in [5.74, 6) is 0.396. The largest absolute Gasteiger partial charge is 0.392 e. The second kappa shape index (κ2) is 5.13. The molecule has 0 heterocycles. The lowest BCUT2D eigenvalue weighted by Gasteiger charge is -2.14. The summed E-state index contributed by atoms with van der Waals surface area (Å²) in [5, 5.41) is 3.01. The molecule has 0 aliphatic heterocycles. The monoisotopic (exact) mass is 172 g/mol. The lowest BCUT2D eigenvalue weighted by molar-refractivity contribution is 0.623. The number of thiol groups is 1. The Bertz CT molecular complexity index is 154. The predicted molar refractivity (Wildman–Crippen MR) is 53.2 cm³/mol. The van der Waals surface area contributed by atoms with Crippen LogP contribution in [0.4, 0.5) is 0 Å². The Balaban J connectivity index is 3.77. The van der Waals surface area contributed by atoms with E-state index < -0.39 is 0 Å². The highest BCUT2D eigenvalue weighted by Crippen LogP contribution is 2.13. The van der Waals surface area contributed by atoms with E-state index in [1.165, 1.54) is 0 Å². The van der Waals surface area contributed by atoms with E-state index >= 15 is 0 Å². The van der Waals surface area contributed by atoms with Crippen molar-refractivity contribution in [2.24, 2.45) is 5.92 Å². The van der Waals surface area contributed by atoms with Gasteiger partial charge in [-0.1, -0.05) is 32.9 Å². The maximum absolute atomic E-state index is 3.89. The van der Waals surface area contributed by atoms with Crippen molar-refractivity contribution in [1.29, 1.82) is 0 Å². The molecule has 0 rings (SSSR count). The summed E-state index contributed by atoms with van der Waals surface area (Å²) < 4.78 is 2.71. The van der Waals surface area contributed by atoms with Gasteiger partial charge in [0, 0.05) is 24.4 Å². The van der Waals surface area contributed by atoms with Gasteiger partial charge in [0.25, 0.3) is 0 Å². The molecule has 0 aliphatic rings. The van der Waals surface area contributed by atoms with Crippen molar-refractivity contribution in [3.8, 4) is 0 Å². The lowest BCUT2D eigenvalue weighted by Crippen LogP contribution is -2.14. The number of hydrogen-bond donors (Lipinski definition) is 3. The Hall–Kier alpha value is -0.570. The second-order valence-electron chi connectivity index (χ2n) is 2.60. The van der Waals surface area contributed by atoms with Crippen molar-refractivity contribution in [1.82, 2.24) is 10.0 Å². The minimum absolute atomic E-state index is 0.396. The van der Waals surface area contributed by atoms with E-state index in [0.717, 1.165) is 17.8 Å². The highest BCUT2D eigenvalue weighted by molar-refractivity contribution is 7.78. The fraction of sp³-hybridized carbons (Fsp3) is 0.500. The van der Waals surface area contributed by atoms with Crippen molar-refractivity contribution >= 4 is 12.8 Å². The molecule has 1 unspecified atom stereocenters. The fourth-order valence-corrected chi connectivity index (χ4v) is 0.876. The van der Waals surface area contributed by atoms with Crippen molar-refractivity contribution in [3.63, 3.8) is 0 Å². The van der Waals surface area contributed by atoms with E-state index in [0.29, 0.717) is 5.92 Å². The van der Waals surface area contributed by atoms with E-state index in [1.807, 2.05) is 7.05 Å². The third kappa shape index (κ3) is 3.98. The first-order chi connectivity index (χ1) is 5.11. The molecule has 0 fully saturated rings. The fourth-order valence-electron chi connectivity index (χ4n) is 0.785. The van der Waals surface area contributed by atoms with Crippen LogP contribution in [0.2, 0.25) is 0 Å². The van der Waals surface area contributed by atoms with Crippen LogP contribution >= 0.6 is 12.8 Å². The van der Waals surface area contributed by atoms with Crippen LogP contribution < -0.4 is 10.0 Å². The minimum atomic E-state index is 0.396. The zero-order valence-electron chi connectivity index (χ0n) is 7.15. The highest BCUT2D eigenvalue weighted by atomic mass is 32.1. The van der Waals surface area contributed by atoms with Gasteiger partial charge < -0.3 is 10.0 Å². The Morgan fingerprint density at radius 2 is 2.09 bits per heavy atom. The molecule has 0 aromatic carbocycles. The van der Waals surface area contributed by atoms with Crippen molar-refractivity contribution in [2.75, 3.05) is 7.05 Å². The first kappa shape index (κ1) is 10.4. The van der Waals surface area contributed by atoms with Crippen LogP contribution in [0.25, 0.3) is 0 Å². The summed E-state index contributed by atoms with van der Waals surface area (Å²) in [7, 11) is 1.87. The van der Waals surface area contributed by atoms with Crippen LogP contribution in [0.3, 0.4) is 0 Å². The van der Waals surface area contributed by atoms with Gasteiger partial charge in [-0.25, -0.2) is 0 Å². The zero-order valence-corrected chi connectivity index (χ0v) is 8.04. The molecule has 2 N–H and O–H groups in total. The summed E-state index contributed by atoms with van der Waals surface area (Å²) in [5.41, 5.74) is 1.94. The first-order valence-corrected chi connectivity index (χ1v) is 4.01. The highest BCUT2D eigenvalue weighted by Gasteiger charge is 2.05. The van der Waals surface area contributed by atoms with Gasteiger partial charge in [-0.05, 0) is 6.42 Å². The van der Waals surface area contributed by atoms with E-state index in [1.54, 1.807) is 0 Å². The topological polar surface area (TPSA) is 24.1 Å². The van der Waals surface area contributed by atoms with Crippen LogP contribution in [0.1, 0.15) is 13.3 Å². The molecular formula is C8H16N2S. The molecule has 11 heavy (non-hydrogen) atoms. The molecule has 3 heteroatoms. The van der Waals surface area contributed by atoms with E-state index in [-0.39, 0.29) is 0 Å². The number of rotatable bonds is 5. The van der Waals surface area contributed by atoms with E-state index in [9.17, 15) is 0 Å². The average molecular weight is 172 g/mol. The summed E-state index contributed by atoms with van der Waals surface area (Å²) in [6, 6.07) is 0. The van der Waals surface area contributed by atoms with Gasteiger partial charge in [0.05, 0.1) is 0 Å². The van der Waals surface area contributed by atoms with Crippen LogP contribution in [-0.4, -0.2) is 7.05 Å². The first-order valence-electron chi connectivity index (χ1n) is 3.56. The second-order valence-corrected chi connectivity index (χ2v) is 2.82. The molecule has 0 spiro atoms. The van der Waals surface area contributed by atoms with Crippen molar-refractivity contribution in [3.05, 3.63) is 24.6 Å². The molecule has 0 bridgehead atoms. The molecule has 0 saturated carbocycles. The SMILES string of the molecule is C=C(CC(C)C(=C)NC)NS. The molecule has 0 aromatic rings. The molecule has 0 radical (unpaired) electrons. The average Bonchev–Trinajstić information content (AvgIpc) is 2.02. The van der Waals surface area contributed by atoms with E-state index in [2.05, 4.69) is 42.9 Å². The standard InChI is InChI=1S/C8H16N2S/c1-6(8(3)9-4)5-7(2)10-11/h6,9-11H,2-3,5H2,1,4H3. The summed E-state index contributed by atoms with van der Waals surface area (Å²) in [6.45, 7) is 9.72. The number of allylic oxidation sites excluding steroid dienone is 2. The van der Waals surface area contributed by atoms with Gasteiger partial charge in [0.15, 0.2) is 0 Å². The molecular weight excluding hydrogens is 156 g/mol. The van der Waals surface area contributed by atoms with Gasteiger partial charge in [-0.2, -0.15) is 0 Å². The zero-order chi connectivity index (χ0) is 8.85.